The Bertz CT molecular complexity index is 883. The molecule has 0 saturated carbocycles. The Morgan fingerprint density at radius 1 is 1.19 bits per heavy atom. The van der Waals surface area contributed by atoms with Crippen molar-refractivity contribution in [2.45, 2.75) is 6.42 Å². The fraction of sp³-hybridized carbons (Fsp3) is 0.211. The largest absolute Gasteiger partial charge is 0.359 e. The zero-order valence-corrected chi connectivity index (χ0v) is 15.5. The molecule has 1 heterocycles. The summed E-state index contributed by atoms with van der Waals surface area (Å²) < 4.78 is 0. The first-order chi connectivity index (χ1) is 13.0. The smallest absolute Gasteiger partial charge is 0.321 e. The van der Waals surface area contributed by atoms with Gasteiger partial charge >= 0.3 is 6.03 Å². The van der Waals surface area contributed by atoms with Gasteiger partial charge in [0.2, 0.25) is 5.91 Å². The standard InChI is InChI=1S/C19H19ClN4O3/c1-21-17(25)10-12-2-4-13(5-3-12)23-18(26)15-11-14(6-7-16(15)20)24-9-8-22-19(24)27/h2-7,11H,8-10H2,1H3,(H,21,25)(H,22,27)(H,23,26). The van der Waals surface area contributed by atoms with Crippen molar-refractivity contribution >= 4 is 40.8 Å². The molecule has 27 heavy (non-hydrogen) atoms. The van der Waals surface area contributed by atoms with E-state index in [-0.39, 0.29) is 29.8 Å². The van der Waals surface area contributed by atoms with Crippen molar-refractivity contribution in [3.8, 4) is 0 Å². The molecule has 1 saturated heterocycles. The minimum atomic E-state index is -0.375. The fourth-order valence-corrected chi connectivity index (χ4v) is 2.95. The summed E-state index contributed by atoms with van der Waals surface area (Å²) in [5.41, 5.74) is 2.32. The van der Waals surface area contributed by atoms with Crippen LogP contribution in [0.3, 0.4) is 0 Å². The van der Waals surface area contributed by atoms with Gasteiger partial charge in [0.15, 0.2) is 0 Å². The summed E-state index contributed by atoms with van der Waals surface area (Å²) in [6.07, 6.45) is 0.274. The van der Waals surface area contributed by atoms with Crippen molar-refractivity contribution in [1.29, 1.82) is 0 Å². The van der Waals surface area contributed by atoms with Crippen LogP contribution in [0.15, 0.2) is 42.5 Å². The van der Waals surface area contributed by atoms with E-state index in [0.717, 1.165) is 5.56 Å². The molecule has 0 aliphatic carbocycles. The highest BCUT2D eigenvalue weighted by atomic mass is 35.5. The van der Waals surface area contributed by atoms with Crippen LogP contribution in [0.5, 0.6) is 0 Å². The predicted molar refractivity (Wildman–Crippen MR) is 104 cm³/mol. The van der Waals surface area contributed by atoms with Crippen LogP contribution in [0.2, 0.25) is 5.02 Å². The second-order valence-corrected chi connectivity index (χ2v) is 6.46. The maximum atomic E-state index is 12.6. The number of likely N-dealkylation sites (N-methyl/N-ethyl adjacent to an activating group) is 1. The molecule has 2 aromatic rings. The molecule has 0 spiro atoms. The van der Waals surface area contributed by atoms with Gasteiger partial charge in [0.05, 0.1) is 17.0 Å². The summed E-state index contributed by atoms with van der Waals surface area (Å²) in [5.74, 6) is -0.457. The number of urea groups is 1. The summed E-state index contributed by atoms with van der Waals surface area (Å²) in [6.45, 7) is 1.10. The molecule has 1 fully saturated rings. The van der Waals surface area contributed by atoms with Crippen molar-refractivity contribution in [3.63, 3.8) is 0 Å². The first-order valence-electron chi connectivity index (χ1n) is 8.43. The van der Waals surface area contributed by atoms with E-state index >= 15 is 0 Å². The molecule has 1 aliphatic rings. The zero-order valence-electron chi connectivity index (χ0n) is 14.7. The molecule has 0 bridgehead atoms. The number of carbonyl (C=O) groups is 3. The number of nitrogens with one attached hydrogen (secondary N) is 3. The first-order valence-corrected chi connectivity index (χ1v) is 8.81. The maximum absolute atomic E-state index is 12.6. The van der Waals surface area contributed by atoms with Gasteiger partial charge in [0, 0.05) is 31.5 Å². The number of nitrogens with zero attached hydrogens (tertiary/aromatic N) is 1. The normalized spacial score (nSPS) is 13.3. The lowest BCUT2D eigenvalue weighted by molar-refractivity contribution is -0.119. The molecular weight excluding hydrogens is 368 g/mol. The number of carbonyl (C=O) groups excluding carboxylic acids is 3. The molecule has 140 valence electrons. The molecule has 1 aliphatic heterocycles. The lowest BCUT2D eigenvalue weighted by Gasteiger charge is -2.16. The average Bonchev–Trinajstić information content (AvgIpc) is 3.09. The molecule has 0 radical (unpaired) electrons. The summed E-state index contributed by atoms with van der Waals surface area (Å²) >= 11 is 6.17. The third-order valence-corrected chi connectivity index (χ3v) is 4.55. The van der Waals surface area contributed by atoms with Crippen LogP contribution in [-0.2, 0) is 11.2 Å². The van der Waals surface area contributed by atoms with E-state index in [1.807, 2.05) is 0 Å². The van der Waals surface area contributed by atoms with Gasteiger partial charge < -0.3 is 16.0 Å². The number of benzene rings is 2. The Labute approximate surface area is 161 Å². The monoisotopic (exact) mass is 386 g/mol. The highest BCUT2D eigenvalue weighted by Gasteiger charge is 2.23. The van der Waals surface area contributed by atoms with E-state index in [0.29, 0.717) is 29.5 Å². The van der Waals surface area contributed by atoms with Gasteiger partial charge in [-0.3, -0.25) is 14.5 Å². The van der Waals surface area contributed by atoms with Crippen LogP contribution >= 0.6 is 11.6 Å². The number of rotatable bonds is 5. The van der Waals surface area contributed by atoms with Gasteiger partial charge in [0.25, 0.3) is 5.91 Å². The molecule has 0 unspecified atom stereocenters. The van der Waals surface area contributed by atoms with E-state index in [1.165, 1.54) is 0 Å². The minimum absolute atomic E-state index is 0.0821. The second kappa shape index (κ2) is 8.09. The van der Waals surface area contributed by atoms with Gasteiger partial charge in [-0.15, -0.1) is 0 Å². The van der Waals surface area contributed by atoms with Crippen molar-refractivity contribution < 1.29 is 14.4 Å². The zero-order chi connectivity index (χ0) is 19.4. The van der Waals surface area contributed by atoms with E-state index < -0.39 is 0 Å². The predicted octanol–water partition coefficient (Wildman–Crippen LogP) is 2.41. The van der Waals surface area contributed by atoms with E-state index in [9.17, 15) is 14.4 Å². The highest BCUT2D eigenvalue weighted by Crippen LogP contribution is 2.25. The highest BCUT2D eigenvalue weighted by molar-refractivity contribution is 6.34. The third-order valence-electron chi connectivity index (χ3n) is 4.22. The molecule has 4 amide bonds. The van der Waals surface area contributed by atoms with E-state index in [2.05, 4.69) is 16.0 Å². The van der Waals surface area contributed by atoms with Crippen LogP contribution in [0, 0.1) is 0 Å². The molecule has 7 nitrogen and oxygen atoms in total. The SMILES string of the molecule is CNC(=O)Cc1ccc(NC(=O)c2cc(N3CCNC3=O)ccc2Cl)cc1. The molecule has 3 N–H and O–H groups in total. The number of amides is 4. The summed E-state index contributed by atoms with van der Waals surface area (Å²) in [7, 11) is 1.58. The number of anilines is 2. The Kier molecular flexibility index (Phi) is 5.61. The van der Waals surface area contributed by atoms with Crippen molar-refractivity contribution in [3.05, 3.63) is 58.6 Å². The quantitative estimate of drug-likeness (QED) is 0.737. The first kappa shape index (κ1) is 18.7. The summed E-state index contributed by atoms with van der Waals surface area (Å²) in [6, 6.07) is 11.7. The lowest BCUT2D eigenvalue weighted by atomic mass is 10.1. The van der Waals surface area contributed by atoms with Crippen LogP contribution in [0.25, 0.3) is 0 Å². The average molecular weight is 387 g/mol. The van der Waals surface area contributed by atoms with Crippen molar-refractivity contribution in [2.24, 2.45) is 0 Å². The van der Waals surface area contributed by atoms with Gasteiger partial charge in [0.1, 0.15) is 0 Å². The molecular formula is C19H19ClN4O3. The Balaban J connectivity index is 1.74. The van der Waals surface area contributed by atoms with Gasteiger partial charge in [-0.25, -0.2) is 4.79 Å². The summed E-state index contributed by atoms with van der Waals surface area (Å²) in [4.78, 5) is 37.4. The van der Waals surface area contributed by atoms with Gasteiger partial charge in [-0.1, -0.05) is 23.7 Å². The van der Waals surface area contributed by atoms with Crippen LogP contribution < -0.4 is 20.9 Å². The van der Waals surface area contributed by atoms with Crippen LogP contribution in [0.1, 0.15) is 15.9 Å². The molecule has 0 aromatic heterocycles. The third kappa shape index (κ3) is 4.38. The molecule has 8 heteroatoms. The fourth-order valence-electron chi connectivity index (χ4n) is 2.75. The second-order valence-electron chi connectivity index (χ2n) is 6.05. The number of halogens is 1. The maximum Gasteiger partial charge on any atom is 0.321 e. The Morgan fingerprint density at radius 3 is 2.56 bits per heavy atom. The number of hydrogen-bond donors (Lipinski definition) is 3. The molecule has 0 atom stereocenters. The Hall–Kier alpha value is -3.06. The van der Waals surface area contributed by atoms with Crippen LogP contribution in [0.4, 0.5) is 16.2 Å². The Morgan fingerprint density at radius 2 is 1.93 bits per heavy atom. The van der Waals surface area contributed by atoms with Gasteiger partial charge in [-0.2, -0.15) is 0 Å². The van der Waals surface area contributed by atoms with Crippen molar-refractivity contribution in [2.75, 3.05) is 30.4 Å². The van der Waals surface area contributed by atoms with E-state index in [4.69, 9.17) is 11.6 Å². The van der Waals surface area contributed by atoms with Crippen molar-refractivity contribution in [1.82, 2.24) is 10.6 Å². The molecule has 2 aromatic carbocycles. The van der Waals surface area contributed by atoms with Gasteiger partial charge in [-0.05, 0) is 35.9 Å². The van der Waals surface area contributed by atoms with Crippen LogP contribution in [-0.4, -0.2) is 38.0 Å². The lowest BCUT2D eigenvalue weighted by Crippen LogP contribution is -2.28. The summed E-state index contributed by atoms with van der Waals surface area (Å²) in [5, 5.41) is 8.36. The number of hydrogen-bond acceptors (Lipinski definition) is 3. The van der Waals surface area contributed by atoms with E-state index in [1.54, 1.807) is 54.4 Å². The topological polar surface area (TPSA) is 90.5 Å². The molecule has 3 rings (SSSR count). The minimum Gasteiger partial charge on any atom is -0.359 e.